The van der Waals surface area contributed by atoms with Gasteiger partial charge in [-0.15, -0.1) is 0 Å². The average molecular weight is 368 g/mol. The van der Waals surface area contributed by atoms with Gasteiger partial charge in [0.1, 0.15) is 5.82 Å². The lowest BCUT2D eigenvalue weighted by molar-refractivity contribution is -0.210. The van der Waals surface area contributed by atoms with E-state index in [-0.39, 0.29) is 12.5 Å². The number of anilines is 1. The average Bonchev–Trinajstić information content (AvgIpc) is 3.14. The quantitative estimate of drug-likeness (QED) is 0.628. The summed E-state index contributed by atoms with van der Waals surface area (Å²) in [6, 6.07) is -0.384. The van der Waals surface area contributed by atoms with Crippen molar-refractivity contribution < 1.29 is 35.8 Å². The van der Waals surface area contributed by atoms with Crippen molar-refractivity contribution in [2.75, 3.05) is 11.4 Å². The molecule has 1 saturated carbocycles. The molecule has 1 saturated heterocycles. The molecule has 0 bridgehead atoms. The zero-order chi connectivity index (χ0) is 18.7. The van der Waals surface area contributed by atoms with E-state index in [1.807, 2.05) is 0 Å². The maximum atomic E-state index is 13.9. The third-order valence-corrected chi connectivity index (χ3v) is 4.66. The lowest BCUT2D eigenvalue weighted by Gasteiger charge is -2.34. The van der Waals surface area contributed by atoms with Crippen molar-refractivity contribution in [3.8, 4) is 0 Å². The highest BCUT2D eigenvalue weighted by atomic mass is 19.4. The number of alkyl halides is 6. The van der Waals surface area contributed by atoms with Crippen molar-refractivity contribution in [2.45, 2.75) is 30.9 Å². The number of benzene rings is 1. The lowest BCUT2D eigenvalue weighted by atomic mass is 10.0. The molecule has 0 spiro atoms. The fourth-order valence-electron chi connectivity index (χ4n) is 3.46. The summed E-state index contributed by atoms with van der Waals surface area (Å²) in [6.07, 6.45) is -12.3. The topological polar surface area (TPSA) is 27.8 Å². The molecule has 1 heterocycles. The van der Waals surface area contributed by atoms with E-state index in [1.54, 1.807) is 0 Å². The van der Waals surface area contributed by atoms with Gasteiger partial charge < -0.3 is 10.0 Å². The summed E-state index contributed by atoms with van der Waals surface area (Å²) < 4.78 is 91.7. The van der Waals surface area contributed by atoms with Gasteiger partial charge in [0.15, 0.2) is 6.10 Å². The van der Waals surface area contributed by atoms with Crippen LogP contribution in [0.5, 0.6) is 0 Å². The standard InChI is InChI=1S/C15H11F7N2O/c1-23-11-9(14(17,18)19)3-7(4-10(11)16)24-5-6-2-8(6)12(24)13(25)15(20,21)22/h3-4,6,8,12-13,25H,2,5H2/t6-,8-,12+,13+/m0/s1. The molecular formula is C15H11F7N2O. The second-order valence-corrected chi connectivity index (χ2v) is 6.22. The Morgan fingerprint density at radius 2 is 1.84 bits per heavy atom. The molecule has 0 aromatic heterocycles. The molecule has 0 amide bonds. The first kappa shape index (κ1) is 17.8. The predicted molar refractivity (Wildman–Crippen MR) is 72.5 cm³/mol. The van der Waals surface area contributed by atoms with Gasteiger partial charge in [-0.2, -0.15) is 26.3 Å². The molecule has 2 aliphatic rings. The molecule has 1 aromatic carbocycles. The van der Waals surface area contributed by atoms with Crippen LogP contribution in [0.25, 0.3) is 4.85 Å². The number of halogens is 7. The van der Waals surface area contributed by atoms with Gasteiger partial charge in [0.25, 0.3) is 0 Å². The number of piperidine rings is 1. The Balaban J connectivity index is 2.04. The van der Waals surface area contributed by atoms with E-state index >= 15 is 0 Å². The van der Waals surface area contributed by atoms with Gasteiger partial charge in [-0.05, 0) is 30.4 Å². The number of nitrogens with zero attached hydrogens (tertiary/aromatic N) is 2. The zero-order valence-corrected chi connectivity index (χ0v) is 12.4. The van der Waals surface area contributed by atoms with Crippen LogP contribution >= 0.6 is 0 Å². The number of hydrogen-bond acceptors (Lipinski definition) is 2. The van der Waals surface area contributed by atoms with E-state index in [2.05, 4.69) is 4.85 Å². The Labute approximate surface area is 137 Å². The van der Waals surface area contributed by atoms with Gasteiger partial charge in [0, 0.05) is 12.2 Å². The third-order valence-electron chi connectivity index (χ3n) is 4.66. The molecule has 25 heavy (non-hydrogen) atoms. The van der Waals surface area contributed by atoms with Crippen molar-refractivity contribution in [1.82, 2.24) is 0 Å². The normalized spacial score (nSPS) is 27.0. The number of rotatable bonds is 2. The van der Waals surface area contributed by atoms with Crippen LogP contribution in [0.2, 0.25) is 0 Å². The van der Waals surface area contributed by atoms with Crippen molar-refractivity contribution in [3.63, 3.8) is 0 Å². The fourth-order valence-corrected chi connectivity index (χ4v) is 3.46. The van der Waals surface area contributed by atoms with E-state index in [1.165, 1.54) is 0 Å². The van der Waals surface area contributed by atoms with Crippen LogP contribution in [0.1, 0.15) is 12.0 Å². The van der Waals surface area contributed by atoms with E-state index in [0.717, 1.165) is 4.90 Å². The molecule has 1 N–H and O–H groups in total. The molecule has 2 fully saturated rings. The minimum absolute atomic E-state index is 0.00340. The second-order valence-electron chi connectivity index (χ2n) is 6.22. The molecule has 0 unspecified atom stereocenters. The van der Waals surface area contributed by atoms with Crippen LogP contribution in [0.4, 0.5) is 42.1 Å². The van der Waals surface area contributed by atoms with Gasteiger partial charge in [-0.1, -0.05) is 0 Å². The predicted octanol–water partition coefficient (Wildman–Crippen LogP) is 4.14. The molecular weight excluding hydrogens is 357 g/mol. The first-order chi connectivity index (χ1) is 11.4. The Morgan fingerprint density at radius 1 is 1.20 bits per heavy atom. The minimum Gasteiger partial charge on any atom is -0.382 e. The van der Waals surface area contributed by atoms with E-state index in [0.29, 0.717) is 18.6 Å². The molecule has 0 radical (unpaired) electrons. The largest absolute Gasteiger partial charge is 0.416 e. The summed E-state index contributed by atoms with van der Waals surface area (Å²) in [5.41, 5.74) is -3.19. The maximum absolute atomic E-state index is 13.9. The Kier molecular flexibility index (Phi) is 3.91. The molecule has 10 heteroatoms. The number of aliphatic hydroxyl groups is 1. The summed E-state index contributed by atoms with van der Waals surface area (Å²) >= 11 is 0. The Hall–Kier alpha value is -2.02. The van der Waals surface area contributed by atoms with Crippen molar-refractivity contribution in [1.29, 1.82) is 0 Å². The van der Waals surface area contributed by atoms with Gasteiger partial charge in [-0.25, -0.2) is 9.24 Å². The molecule has 136 valence electrons. The Morgan fingerprint density at radius 3 is 2.36 bits per heavy atom. The summed E-state index contributed by atoms with van der Waals surface area (Å²) in [7, 11) is 0. The first-order valence-corrected chi connectivity index (χ1v) is 7.24. The van der Waals surface area contributed by atoms with Crippen molar-refractivity contribution in [3.05, 3.63) is 34.9 Å². The van der Waals surface area contributed by atoms with Gasteiger partial charge in [-0.3, -0.25) is 0 Å². The molecule has 3 rings (SSSR count). The van der Waals surface area contributed by atoms with Crippen LogP contribution in [-0.4, -0.2) is 30.0 Å². The van der Waals surface area contributed by atoms with Crippen LogP contribution in [0.15, 0.2) is 12.1 Å². The highest BCUT2D eigenvalue weighted by Crippen LogP contribution is 2.54. The maximum Gasteiger partial charge on any atom is 0.416 e. The van der Waals surface area contributed by atoms with Gasteiger partial charge in [0.05, 0.1) is 18.2 Å². The minimum atomic E-state index is -5.03. The monoisotopic (exact) mass is 368 g/mol. The van der Waals surface area contributed by atoms with Crippen molar-refractivity contribution >= 4 is 11.4 Å². The number of fused-ring (bicyclic) bond motifs is 1. The lowest BCUT2D eigenvalue weighted by Crippen LogP contribution is -2.49. The van der Waals surface area contributed by atoms with Crippen LogP contribution in [-0.2, 0) is 6.18 Å². The van der Waals surface area contributed by atoms with E-state index in [9.17, 15) is 35.8 Å². The summed E-state index contributed by atoms with van der Waals surface area (Å²) in [5, 5.41) is 9.58. The molecule has 1 aliphatic carbocycles. The molecule has 1 aliphatic heterocycles. The van der Waals surface area contributed by atoms with Gasteiger partial charge >= 0.3 is 12.4 Å². The fraction of sp³-hybridized carbons (Fsp3) is 0.533. The molecule has 1 aromatic rings. The summed E-state index contributed by atoms with van der Waals surface area (Å²) in [4.78, 5) is 3.49. The SMILES string of the molecule is [C-]#[N+]c1c(F)cc(N2C[C@@H]3C[C@@H]3[C@@H]2[C@@H](O)C(F)(F)F)cc1C(F)(F)F. The highest BCUT2D eigenvalue weighted by Gasteiger charge is 2.60. The summed E-state index contributed by atoms with van der Waals surface area (Å²) in [6.45, 7) is 6.69. The summed E-state index contributed by atoms with van der Waals surface area (Å²) in [5.74, 6) is -2.14. The first-order valence-electron chi connectivity index (χ1n) is 7.24. The molecule has 3 nitrogen and oxygen atoms in total. The highest BCUT2D eigenvalue weighted by molar-refractivity contribution is 5.64. The number of aliphatic hydroxyl groups excluding tert-OH is 1. The smallest absolute Gasteiger partial charge is 0.382 e. The van der Waals surface area contributed by atoms with Crippen LogP contribution in [0, 0.1) is 24.2 Å². The Bertz CT molecular complexity index is 737. The van der Waals surface area contributed by atoms with Crippen LogP contribution in [0.3, 0.4) is 0 Å². The van der Waals surface area contributed by atoms with E-state index < -0.39 is 53.2 Å². The van der Waals surface area contributed by atoms with Gasteiger partial charge in [0.2, 0.25) is 5.69 Å². The van der Waals surface area contributed by atoms with E-state index in [4.69, 9.17) is 6.57 Å². The molecule has 4 atom stereocenters. The second kappa shape index (κ2) is 5.49. The third kappa shape index (κ3) is 3.01. The number of hydrogen-bond donors (Lipinski definition) is 1. The van der Waals surface area contributed by atoms with Crippen LogP contribution < -0.4 is 4.90 Å². The zero-order valence-electron chi connectivity index (χ0n) is 12.4. The van der Waals surface area contributed by atoms with Crippen molar-refractivity contribution in [2.24, 2.45) is 11.8 Å².